The Bertz CT molecular complexity index is 894. The molecule has 0 aliphatic heterocycles. The SMILES string of the molecule is CC1(C)[C@H](C=C(Cl)Cl)[C@H]1C(=O)O[C@@H](C#N)c1ccc2ccccc2c1. The zero-order chi connectivity index (χ0) is 18.2. The van der Waals surface area contributed by atoms with Gasteiger partial charge in [0, 0.05) is 5.56 Å². The van der Waals surface area contributed by atoms with Gasteiger partial charge in [-0.3, -0.25) is 4.79 Å². The summed E-state index contributed by atoms with van der Waals surface area (Å²) in [7, 11) is 0. The lowest BCUT2D eigenvalue weighted by atomic mass is 10.0. The largest absolute Gasteiger partial charge is 0.442 e. The number of rotatable bonds is 4. The van der Waals surface area contributed by atoms with Crippen molar-refractivity contribution in [2.75, 3.05) is 0 Å². The molecule has 3 nitrogen and oxygen atoms in total. The number of hydrogen-bond acceptors (Lipinski definition) is 3. The van der Waals surface area contributed by atoms with Crippen molar-refractivity contribution in [1.29, 1.82) is 5.26 Å². The first-order valence-corrected chi connectivity index (χ1v) is 8.72. The Labute approximate surface area is 156 Å². The highest BCUT2D eigenvalue weighted by molar-refractivity contribution is 6.55. The number of fused-ring (bicyclic) bond motifs is 1. The summed E-state index contributed by atoms with van der Waals surface area (Å²) in [5.74, 6) is -0.835. The molecule has 25 heavy (non-hydrogen) atoms. The van der Waals surface area contributed by atoms with Crippen LogP contribution in [0.1, 0.15) is 25.5 Å². The molecule has 0 saturated heterocycles. The Morgan fingerprint density at radius 3 is 2.56 bits per heavy atom. The molecular formula is C20H17Cl2NO2. The second-order valence-electron chi connectivity index (χ2n) is 6.83. The van der Waals surface area contributed by atoms with Crippen LogP contribution < -0.4 is 0 Å². The minimum Gasteiger partial charge on any atom is -0.442 e. The molecule has 1 saturated carbocycles. The van der Waals surface area contributed by atoms with Crippen molar-refractivity contribution in [1.82, 2.24) is 0 Å². The van der Waals surface area contributed by atoms with Gasteiger partial charge in [-0.1, -0.05) is 73.4 Å². The molecule has 2 aromatic carbocycles. The molecule has 3 rings (SSSR count). The number of nitrogens with zero attached hydrogens (tertiary/aromatic N) is 1. The van der Waals surface area contributed by atoms with Crippen LogP contribution in [0, 0.1) is 28.6 Å². The first-order chi connectivity index (χ1) is 11.8. The predicted octanol–water partition coefficient (Wildman–Crippen LogP) is 5.54. The number of halogens is 2. The smallest absolute Gasteiger partial charge is 0.311 e. The first-order valence-electron chi connectivity index (χ1n) is 7.96. The molecule has 0 radical (unpaired) electrons. The lowest BCUT2D eigenvalue weighted by molar-refractivity contribution is -0.149. The van der Waals surface area contributed by atoms with E-state index >= 15 is 0 Å². The van der Waals surface area contributed by atoms with Crippen molar-refractivity contribution >= 4 is 39.9 Å². The van der Waals surface area contributed by atoms with Gasteiger partial charge in [-0.05, 0) is 34.2 Å². The van der Waals surface area contributed by atoms with Crippen LogP contribution in [0.25, 0.3) is 10.8 Å². The van der Waals surface area contributed by atoms with Crippen molar-refractivity contribution < 1.29 is 9.53 Å². The molecule has 0 heterocycles. The molecule has 1 fully saturated rings. The van der Waals surface area contributed by atoms with Crippen LogP contribution in [0.2, 0.25) is 0 Å². The Balaban J connectivity index is 1.79. The number of benzene rings is 2. The summed E-state index contributed by atoms with van der Waals surface area (Å²) in [4.78, 5) is 12.5. The van der Waals surface area contributed by atoms with Crippen LogP contribution in [0.15, 0.2) is 53.0 Å². The van der Waals surface area contributed by atoms with Gasteiger partial charge in [-0.2, -0.15) is 5.26 Å². The summed E-state index contributed by atoms with van der Waals surface area (Å²) in [5, 5.41) is 11.5. The van der Waals surface area contributed by atoms with E-state index in [-0.39, 0.29) is 21.7 Å². The van der Waals surface area contributed by atoms with Crippen LogP contribution >= 0.6 is 23.2 Å². The third-order valence-corrected chi connectivity index (χ3v) is 5.15. The maximum Gasteiger partial charge on any atom is 0.311 e. The summed E-state index contributed by atoms with van der Waals surface area (Å²) in [6.45, 7) is 3.91. The highest BCUT2D eigenvalue weighted by Crippen LogP contribution is 2.60. The minimum absolute atomic E-state index is 0.0825. The van der Waals surface area contributed by atoms with Crippen LogP contribution in [-0.2, 0) is 9.53 Å². The first kappa shape index (κ1) is 17.8. The number of esters is 1. The Hall–Kier alpha value is -2.02. The van der Waals surface area contributed by atoms with Crippen LogP contribution in [0.5, 0.6) is 0 Å². The van der Waals surface area contributed by atoms with Gasteiger partial charge in [0.15, 0.2) is 0 Å². The topological polar surface area (TPSA) is 50.1 Å². The Morgan fingerprint density at radius 1 is 1.24 bits per heavy atom. The standard InChI is InChI=1S/C20H17Cl2NO2/c1-20(2)15(10-17(21)22)18(20)19(24)25-16(11-23)14-8-7-12-5-3-4-6-13(12)9-14/h3-10,15-16,18H,1-2H3/t15-,16+,18+/m1/s1. The van der Waals surface area contributed by atoms with E-state index in [9.17, 15) is 10.1 Å². The zero-order valence-corrected chi connectivity index (χ0v) is 15.4. The molecule has 0 amide bonds. The van der Waals surface area contributed by atoms with Gasteiger partial charge >= 0.3 is 5.97 Å². The average Bonchev–Trinajstić information content (AvgIpc) is 3.11. The normalized spacial score (nSPS) is 21.9. The van der Waals surface area contributed by atoms with Gasteiger partial charge in [0.25, 0.3) is 0 Å². The summed E-state index contributed by atoms with van der Waals surface area (Å²) < 4.78 is 5.63. The van der Waals surface area contributed by atoms with E-state index in [2.05, 4.69) is 6.07 Å². The number of carbonyl (C=O) groups excluding carboxylic acids is 1. The highest BCUT2D eigenvalue weighted by atomic mass is 35.5. The van der Waals surface area contributed by atoms with Gasteiger partial charge in [0.05, 0.1) is 5.92 Å². The van der Waals surface area contributed by atoms with Crippen molar-refractivity contribution in [3.63, 3.8) is 0 Å². The molecule has 3 atom stereocenters. The molecule has 1 aliphatic rings. The average molecular weight is 374 g/mol. The van der Waals surface area contributed by atoms with Gasteiger partial charge in [0.2, 0.25) is 6.10 Å². The van der Waals surface area contributed by atoms with E-state index in [4.69, 9.17) is 27.9 Å². The quantitative estimate of drug-likeness (QED) is 0.661. The lowest BCUT2D eigenvalue weighted by Gasteiger charge is -2.13. The molecule has 2 aromatic rings. The van der Waals surface area contributed by atoms with E-state index in [1.54, 1.807) is 6.08 Å². The number of ether oxygens (including phenoxy) is 1. The number of carbonyl (C=O) groups is 1. The maximum atomic E-state index is 12.5. The summed E-state index contributed by atoms with van der Waals surface area (Å²) >= 11 is 11.4. The molecule has 0 aromatic heterocycles. The van der Waals surface area contributed by atoms with Crippen molar-refractivity contribution in [2.45, 2.75) is 20.0 Å². The molecule has 0 N–H and O–H groups in total. The molecule has 0 unspecified atom stereocenters. The fourth-order valence-corrected chi connectivity index (χ4v) is 3.58. The monoisotopic (exact) mass is 373 g/mol. The Kier molecular flexibility index (Phi) is 4.77. The van der Waals surface area contributed by atoms with E-state index in [0.717, 1.165) is 10.8 Å². The fraction of sp³-hybridized carbons (Fsp3) is 0.300. The van der Waals surface area contributed by atoms with Gasteiger partial charge in [0.1, 0.15) is 10.6 Å². The fourth-order valence-electron chi connectivity index (χ4n) is 3.30. The van der Waals surface area contributed by atoms with E-state index in [0.29, 0.717) is 5.56 Å². The molecule has 128 valence electrons. The van der Waals surface area contributed by atoms with Gasteiger partial charge in [-0.15, -0.1) is 0 Å². The molecule has 0 bridgehead atoms. The van der Waals surface area contributed by atoms with Crippen molar-refractivity contribution in [3.8, 4) is 6.07 Å². The summed E-state index contributed by atoms with van der Waals surface area (Å²) in [5.41, 5.74) is 0.380. The molecule has 1 aliphatic carbocycles. The van der Waals surface area contributed by atoms with Crippen molar-refractivity contribution in [2.24, 2.45) is 17.3 Å². The van der Waals surface area contributed by atoms with Gasteiger partial charge in [-0.25, -0.2) is 0 Å². The van der Waals surface area contributed by atoms with Crippen molar-refractivity contribution in [3.05, 3.63) is 58.6 Å². The second kappa shape index (κ2) is 6.71. The molecule has 0 spiro atoms. The van der Waals surface area contributed by atoms with E-state index in [1.807, 2.05) is 56.3 Å². The summed E-state index contributed by atoms with van der Waals surface area (Å²) in [6, 6.07) is 15.5. The highest BCUT2D eigenvalue weighted by Gasteiger charge is 2.62. The summed E-state index contributed by atoms with van der Waals surface area (Å²) in [6.07, 6.45) is 0.719. The number of nitriles is 1. The van der Waals surface area contributed by atoms with Crippen LogP contribution in [0.4, 0.5) is 0 Å². The number of allylic oxidation sites excluding steroid dienone is 1. The lowest BCUT2D eigenvalue weighted by Crippen LogP contribution is -2.14. The third kappa shape index (κ3) is 3.51. The molecule has 5 heteroatoms. The van der Waals surface area contributed by atoms with E-state index < -0.39 is 12.1 Å². The van der Waals surface area contributed by atoms with Crippen LogP contribution in [0.3, 0.4) is 0 Å². The van der Waals surface area contributed by atoms with Gasteiger partial charge < -0.3 is 4.74 Å². The Morgan fingerprint density at radius 2 is 1.92 bits per heavy atom. The molecular weight excluding hydrogens is 357 g/mol. The zero-order valence-electron chi connectivity index (χ0n) is 13.9. The van der Waals surface area contributed by atoms with Crippen LogP contribution in [-0.4, -0.2) is 5.97 Å². The van der Waals surface area contributed by atoms with E-state index in [1.165, 1.54) is 0 Å². The number of hydrogen-bond donors (Lipinski definition) is 0. The second-order valence-corrected chi connectivity index (χ2v) is 7.84. The predicted molar refractivity (Wildman–Crippen MR) is 98.9 cm³/mol. The third-order valence-electron chi connectivity index (χ3n) is 4.90. The maximum absolute atomic E-state index is 12.5. The minimum atomic E-state index is -0.940.